The lowest BCUT2D eigenvalue weighted by Gasteiger charge is -2.40. The van der Waals surface area contributed by atoms with Crippen LogP contribution in [0.15, 0.2) is 48.6 Å². The van der Waals surface area contributed by atoms with Gasteiger partial charge in [-0.15, -0.1) is 0 Å². The fourth-order valence-corrected chi connectivity index (χ4v) is 8.54. The highest BCUT2D eigenvalue weighted by Gasteiger charge is 2.46. The third kappa shape index (κ3) is 36.6. The number of esters is 2. The topological polar surface area (TPSA) is 186 Å². The molecule has 1 aliphatic heterocycles. The molecule has 6 atom stereocenters. The molecule has 0 amide bonds. The van der Waals surface area contributed by atoms with Crippen LogP contribution < -0.4 is 0 Å². The second kappa shape index (κ2) is 42.7. The summed E-state index contributed by atoms with van der Waals surface area (Å²) < 4.78 is 54.2. The van der Waals surface area contributed by atoms with E-state index in [0.717, 1.165) is 44.9 Å². The van der Waals surface area contributed by atoms with E-state index in [1.165, 1.54) is 128 Å². The predicted octanol–water partition coefficient (Wildman–Crippen LogP) is 11.9. The summed E-state index contributed by atoms with van der Waals surface area (Å²) in [5.41, 5.74) is 0. The van der Waals surface area contributed by atoms with E-state index in [2.05, 4.69) is 56.4 Å². The number of allylic oxidation sites excluding steroid dienone is 8. The normalized spacial score (nSPS) is 19.8. The molecule has 4 N–H and O–H groups in total. The highest BCUT2D eigenvalue weighted by Crippen LogP contribution is 2.24. The molecule has 0 spiro atoms. The van der Waals surface area contributed by atoms with E-state index in [-0.39, 0.29) is 19.4 Å². The van der Waals surface area contributed by atoms with Crippen LogP contribution in [0.25, 0.3) is 0 Å². The maximum absolute atomic E-state index is 12.9. The molecule has 1 saturated heterocycles. The van der Waals surface area contributed by atoms with E-state index in [0.29, 0.717) is 19.3 Å². The van der Waals surface area contributed by atoms with Gasteiger partial charge >= 0.3 is 11.9 Å². The standard InChI is InChI=1S/C53H94O12S/c1-3-5-7-9-11-13-15-17-19-21-22-23-24-26-28-30-32-34-36-38-40-42-49(55)64-46(44-63-53-52(58)51(57)50(56)47(65-53)45-66(59,60)61)43-62-48(54)41-39-37-35-33-31-29-27-25-20-18-16-14-12-10-8-6-4-2/h12,14,18,20,27,29,33,35,46-47,50-53,56-58H,3-11,13,15-17,19,21-26,28,30-32,34,36-45H2,1-2H3,(H,59,60,61)/b14-12+,20-18+,29-27+,35-33+/t46-,47-,50-,51?,52?,53+/m1/s1. The van der Waals surface area contributed by atoms with E-state index in [1.807, 2.05) is 6.08 Å². The molecule has 0 aliphatic carbocycles. The van der Waals surface area contributed by atoms with Crippen LogP contribution in [-0.2, 0) is 38.7 Å². The van der Waals surface area contributed by atoms with Crippen molar-refractivity contribution in [3.63, 3.8) is 0 Å². The second-order valence-corrected chi connectivity index (χ2v) is 19.7. The molecule has 0 bridgehead atoms. The number of aliphatic hydroxyl groups excluding tert-OH is 3. The van der Waals surface area contributed by atoms with Crippen LogP contribution in [0.5, 0.6) is 0 Å². The zero-order valence-electron chi connectivity index (χ0n) is 41.3. The van der Waals surface area contributed by atoms with E-state index in [4.69, 9.17) is 18.9 Å². The van der Waals surface area contributed by atoms with Crippen molar-refractivity contribution in [1.29, 1.82) is 0 Å². The molecule has 12 nitrogen and oxygen atoms in total. The Morgan fingerprint density at radius 2 is 0.924 bits per heavy atom. The van der Waals surface area contributed by atoms with Crippen molar-refractivity contribution in [2.75, 3.05) is 19.0 Å². The van der Waals surface area contributed by atoms with Gasteiger partial charge in [0.2, 0.25) is 0 Å². The third-order valence-electron chi connectivity index (χ3n) is 11.9. The second-order valence-electron chi connectivity index (χ2n) is 18.2. The van der Waals surface area contributed by atoms with Gasteiger partial charge in [-0.1, -0.05) is 204 Å². The molecule has 13 heteroatoms. The molecule has 2 unspecified atom stereocenters. The number of unbranched alkanes of at least 4 members (excludes halogenated alkanes) is 24. The molecule has 1 heterocycles. The van der Waals surface area contributed by atoms with Crippen LogP contribution in [0.1, 0.15) is 219 Å². The fraction of sp³-hybridized carbons (Fsp3) is 0.811. The summed E-state index contributed by atoms with van der Waals surface area (Å²) in [4.78, 5) is 25.5. The van der Waals surface area contributed by atoms with Gasteiger partial charge in [-0.05, 0) is 51.4 Å². The van der Waals surface area contributed by atoms with Gasteiger partial charge in [0.1, 0.15) is 36.8 Å². The minimum absolute atomic E-state index is 0.144. The van der Waals surface area contributed by atoms with Gasteiger partial charge in [-0.25, -0.2) is 0 Å². The highest BCUT2D eigenvalue weighted by atomic mass is 32.2. The Balaban J connectivity index is 2.39. The van der Waals surface area contributed by atoms with Crippen LogP contribution >= 0.6 is 0 Å². The molecular weight excluding hydrogens is 861 g/mol. The van der Waals surface area contributed by atoms with Gasteiger partial charge in [0, 0.05) is 12.8 Å². The molecule has 0 saturated carbocycles. The van der Waals surface area contributed by atoms with E-state index < -0.39 is 71.2 Å². The molecule has 384 valence electrons. The Bertz CT molecular complexity index is 1400. The zero-order valence-corrected chi connectivity index (χ0v) is 42.1. The summed E-state index contributed by atoms with van der Waals surface area (Å²) in [6.45, 7) is 3.72. The Kier molecular flexibility index (Phi) is 39.9. The van der Waals surface area contributed by atoms with Gasteiger partial charge in [-0.3, -0.25) is 14.1 Å². The predicted molar refractivity (Wildman–Crippen MR) is 266 cm³/mol. The lowest BCUT2D eigenvalue weighted by atomic mass is 10.00. The largest absolute Gasteiger partial charge is 0.462 e. The van der Waals surface area contributed by atoms with Gasteiger partial charge in [0.05, 0.1) is 6.61 Å². The summed E-state index contributed by atoms with van der Waals surface area (Å²) in [6, 6.07) is 0. The van der Waals surface area contributed by atoms with Gasteiger partial charge in [-0.2, -0.15) is 8.42 Å². The summed E-state index contributed by atoms with van der Waals surface area (Å²) in [6.07, 6.45) is 43.0. The van der Waals surface area contributed by atoms with Crippen LogP contribution in [0, 0.1) is 0 Å². The number of aliphatic hydroxyl groups is 3. The summed E-state index contributed by atoms with van der Waals surface area (Å²) in [5, 5.41) is 31.0. The van der Waals surface area contributed by atoms with Crippen molar-refractivity contribution in [2.24, 2.45) is 0 Å². The first kappa shape index (κ1) is 61.6. The van der Waals surface area contributed by atoms with Crippen molar-refractivity contribution in [2.45, 2.75) is 256 Å². The van der Waals surface area contributed by atoms with Gasteiger partial charge in [0.25, 0.3) is 10.1 Å². The lowest BCUT2D eigenvalue weighted by molar-refractivity contribution is -0.297. The summed E-state index contributed by atoms with van der Waals surface area (Å²) >= 11 is 0. The summed E-state index contributed by atoms with van der Waals surface area (Å²) in [5.74, 6) is -2.05. The van der Waals surface area contributed by atoms with Crippen molar-refractivity contribution >= 4 is 22.1 Å². The molecule has 1 fully saturated rings. The SMILES string of the molecule is CCCCC/C=C/C/C=C/C/C=C/C/C=C/CCCC(=O)OC[C@H](CO[C@H]1O[C@H](CS(=O)(=O)O)[C@@H](O)C(O)C1O)OC(=O)CCCCCCCCCCCCCCCCCCCCCCC. The Morgan fingerprint density at radius 1 is 0.515 bits per heavy atom. The smallest absolute Gasteiger partial charge is 0.306 e. The Hall–Kier alpha value is -2.39. The van der Waals surface area contributed by atoms with Gasteiger partial charge < -0.3 is 34.3 Å². The maximum atomic E-state index is 12.9. The minimum atomic E-state index is -4.61. The van der Waals surface area contributed by atoms with Crippen LogP contribution in [-0.4, -0.2) is 96.0 Å². The molecular formula is C53H94O12S. The monoisotopic (exact) mass is 955 g/mol. The maximum Gasteiger partial charge on any atom is 0.306 e. The quantitative estimate of drug-likeness (QED) is 0.0196. The molecule has 0 aromatic rings. The number of carbonyl (C=O) groups is 2. The number of carbonyl (C=O) groups excluding carboxylic acids is 2. The summed E-state index contributed by atoms with van der Waals surface area (Å²) in [7, 11) is -4.61. The van der Waals surface area contributed by atoms with Crippen molar-refractivity contribution < 1.29 is 56.8 Å². The molecule has 0 radical (unpaired) electrons. The van der Waals surface area contributed by atoms with Crippen molar-refractivity contribution in [3.05, 3.63) is 48.6 Å². The average Bonchev–Trinajstić information content (AvgIpc) is 3.28. The van der Waals surface area contributed by atoms with Crippen LogP contribution in [0.4, 0.5) is 0 Å². The molecule has 1 rings (SSSR count). The van der Waals surface area contributed by atoms with Gasteiger partial charge in [0.15, 0.2) is 12.4 Å². The average molecular weight is 955 g/mol. The first-order valence-corrected chi connectivity index (χ1v) is 27.8. The molecule has 1 aliphatic rings. The van der Waals surface area contributed by atoms with Crippen molar-refractivity contribution in [3.8, 4) is 0 Å². The van der Waals surface area contributed by atoms with E-state index in [9.17, 15) is 37.9 Å². The molecule has 66 heavy (non-hydrogen) atoms. The Labute approximate surface area is 401 Å². The first-order chi connectivity index (χ1) is 32.0. The van der Waals surface area contributed by atoms with Crippen LogP contribution in [0.2, 0.25) is 0 Å². The minimum Gasteiger partial charge on any atom is -0.462 e. The molecule has 0 aromatic carbocycles. The number of hydrogen-bond acceptors (Lipinski definition) is 11. The van der Waals surface area contributed by atoms with Crippen molar-refractivity contribution in [1.82, 2.24) is 0 Å². The Morgan fingerprint density at radius 3 is 1.39 bits per heavy atom. The number of rotatable bonds is 44. The van der Waals surface area contributed by atoms with Crippen LogP contribution in [0.3, 0.4) is 0 Å². The fourth-order valence-electron chi connectivity index (χ4n) is 7.85. The lowest BCUT2D eigenvalue weighted by Crippen LogP contribution is -2.60. The highest BCUT2D eigenvalue weighted by molar-refractivity contribution is 7.85. The number of ether oxygens (including phenoxy) is 4. The third-order valence-corrected chi connectivity index (χ3v) is 12.7. The first-order valence-electron chi connectivity index (χ1n) is 26.2. The zero-order chi connectivity index (χ0) is 48.4. The number of hydrogen-bond donors (Lipinski definition) is 4. The van der Waals surface area contributed by atoms with E-state index >= 15 is 0 Å². The van der Waals surface area contributed by atoms with E-state index in [1.54, 1.807) is 0 Å². The molecule has 0 aromatic heterocycles.